The van der Waals surface area contributed by atoms with Gasteiger partial charge in [0, 0.05) is 19.3 Å². The van der Waals surface area contributed by atoms with Crippen molar-refractivity contribution in [2.75, 3.05) is 17.7 Å². The average molecular weight is 268 g/mol. The molecule has 0 spiro atoms. The molecular formula is C14H22ClN3. The molecule has 1 aliphatic carbocycles. The van der Waals surface area contributed by atoms with Crippen LogP contribution in [0.5, 0.6) is 0 Å². The molecule has 1 aliphatic rings. The predicted molar refractivity (Wildman–Crippen MR) is 78.1 cm³/mol. The fraction of sp³-hybridized carbons (Fsp3) is 0.643. The van der Waals surface area contributed by atoms with E-state index < -0.39 is 0 Å². The molecule has 0 bridgehead atoms. The van der Waals surface area contributed by atoms with E-state index in [1.54, 1.807) is 12.3 Å². The molecule has 0 unspecified atom stereocenters. The number of aromatic nitrogens is 1. The molecule has 1 saturated carbocycles. The fourth-order valence-electron chi connectivity index (χ4n) is 2.69. The summed E-state index contributed by atoms with van der Waals surface area (Å²) in [4.78, 5) is 6.57. The van der Waals surface area contributed by atoms with Gasteiger partial charge in [-0.25, -0.2) is 4.98 Å². The number of pyridine rings is 1. The van der Waals surface area contributed by atoms with Gasteiger partial charge in [0.2, 0.25) is 0 Å². The van der Waals surface area contributed by atoms with Crippen molar-refractivity contribution in [2.45, 2.75) is 45.6 Å². The van der Waals surface area contributed by atoms with Crippen molar-refractivity contribution in [1.29, 1.82) is 0 Å². The highest BCUT2D eigenvalue weighted by Crippen LogP contribution is 2.38. The van der Waals surface area contributed by atoms with Crippen LogP contribution in [-0.4, -0.2) is 18.1 Å². The highest BCUT2D eigenvalue weighted by atomic mass is 35.5. The normalized spacial score (nSPS) is 19.8. The van der Waals surface area contributed by atoms with Crippen molar-refractivity contribution in [3.8, 4) is 0 Å². The Morgan fingerprint density at radius 3 is 2.56 bits per heavy atom. The van der Waals surface area contributed by atoms with Gasteiger partial charge >= 0.3 is 0 Å². The maximum absolute atomic E-state index is 5.99. The lowest BCUT2D eigenvalue weighted by Crippen LogP contribution is -2.38. The fourth-order valence-corrected chi connectivity index (χ4v) is 2.85. The van der Waals surface area contributed by atoms with Crippen LogP contribution in [-0.2, 0) is 0 Å². The molecule has 100 valence electrons. The number of nitrogens with zero attached hydrogens (tertiary/aromatic N) is 2. The number of nitrogens with two attached hydrogens (primary N) is 1. The summed E-state index contributed by atoms with van der Waals surface area (Å²) in [5.74, 6) is 0.851. The Morgan fingerprint density at radius 1 is 1.39 bits per heavy atom. The summed E-state index contributed by atoms with van der Waals surface area (Å²) in [6.07, 6.45) is 6.59. The molecule has 0 aliphatic heterocycles. The van der Waals surface area contributed by atoms with Gasteiger partial charge in [0.05, 0.1) is 10.7 Å². The second kappa shape index (κ2) is 4.96. The third-order valence-electron chi connectivity index (χ3n) is 4.05. The Balaban J connectivity index is 2.10. The Bertz CT molecular complexity index is 421. The maximum Gasteiger partial charge on any atom is 0.151 e. The minimum atomic E-state index is 0.482. The molecule has 1 aromatic rings. The zero-order valence-corrected chi connectivity index (χ0v) is 12.2. The second-order valence-corrected chi connectivity index (χ2v) is 6.51. The van der Waals surface area contributed by atoms with Crippen LogP contribution < -0.4 is 10.6 Å². The van der Waals surface area contributed by atoms with E-state index in [-0.39, 0.29) is 0 Å². The Hall–Kier alpha value is -0.960. The molecule has 18 heavy (non-hydrogen) atoms. The van der Waals surface area contributed by atoms with Gasteiger partial charge in [0.25, 0.3) is 0 Å². The molecule has 3 nitrogen and oxygen atoms in total. The van der Waals surface area contributed by atoms with Gasteiger partial charge in [-0.3, -0.25) is 0 Å². The van der Waals surface area contributed by atoms with Crippen LogP contribution in [0, 0.1) is 5.41 Å². The van der Waals surface area contributed by atoms with E-state index in [4.69, 9.17) is 17.3 Å². The van der Waals surface area contributed by atoms with Crippen LogP contribution in [0.25, 0.3) is 0 Å². The minimum Gasteiger partial charge on any atom is -0.396 e. The van der Waals surface area contributed by atoms with E-state index in [1.807, 2.05) is 0 Å². The van der Waals surface area contributed by atoms with Crippen molar-refractivity contribution < 1.29 is 0 Å². The van der Waals surface area contributed by atoms with Crippen LogP contribution in [0.1, 0.15) is 39.5 Å². The molecule has 0 atom stereocenters. The third kappa shape index (κ3) is 2.89. The molecular weight excluding hydrogens is 246 g/mol. The predicted octanol–water partition coefficient (Wildman–Crippen LogP) is 3.72. The summed E-state index contributed by atoms with van der Waals surface area (Å²) in [5.41, 5.74) is 7.14. The summed E-state index contributed by atoms with van der Waals surface area (Å²) in [7, 11) is 2.08. The van der Waals surface area contributed by atoms with E-state index in [0.717, 1.165) is 5.82 Å². The third-order valence-corrected chi connectivity index (χ3v) is 4.26. The highest BCUT2D eigenvalue weighted by molar-refractivity contribution is 6.30. The monoisotopic (exact) mass is 267 g/mol. The summed E-state index contributed by atoms with van der Waals surface area (Å²) < 4.78 is 0. The molecule has 0 radical (unpaired) electrons. The first kappa shape index (κ1) is 13.5. The van der Waals surface area contributed by atoms with Crippen molar-refractivity contribution in [3.05, 3.63) is 17.3 Å². The molecule has 2 N–H and O–H groups in total. The largest absolute Gasteiger partial charge is 0.396 e. The van der Waals surface area contributed by atoms with Crippen LogP contribution >= 0.6 is 11.6 Å². The SMILES string of the molecule is CN(c1ncc(Cl)cc1N)C1CCC(C)(C)CC1. The molecule has 0 amide bonds. The average Bonchev–Trinajstić information content (AvgIpc) is 2.28. The molecule has 1 fully saturated rings. The van der Waals surface area contributed by atoms with E-state index in [0.29, 0.717) is 22.2 Å². The van der Waals surface area contributed by atoms with Gasteiger partial charge < -0.3 is 10.6 Å². The lowest BCUT2D eigenvalue weighted by molar-refractivity contribution is 0.222. The van der Waals surface area contributed by atoms with Gasteiger partial charge in [-0.1, -0.05) is 25.4 Å². The van der Waals surface area contributed by atoms with Crippen molar-refractivity contribution in [1.82, 2.24) is 4.98 Å². The first-order valence-corrected chi connectivity index (χ1v) is 6.91. The lowest BCUT2D eigenvalue weighted by Gasteiger charge is -2.39. The van der Waals surface area contributed by atoms with E-state index in [2.05, 4.69) is 30.8 Å². The van der Waals surface area contributed by atoms with Crippen LogP contribution in [0.2, 0.25) is 5.02 Å². The summed E-state index contributed by atoms with van der Waals surface area (Å²) >= 11 is 5.88. The first-order chi connectivity index (χ1) is 8.39. The van der Waals surface area contributed by atoms with Crippen molar-refractivity contribution >= 4 is 23.1 Å². The van der Waals surface area contributed by atoms with Gasteiger partial charge in [-0.05, 0) is 37.2 Å². The molecule has 0 saturated heterocycles. The number of halogens is 1. The van der Waals surface area contributed by atoms with Crippen molar-refractivity contribution in [2.24, 2.45) is 5.41 Å². The van der Waals surface area contributed by atoms with Gasteiger partial charge in [-0.2, -0.15) is 0 Å². The standard InChI is InChI=1S/C14H22ClN3/c1-14(2)6-4-11(5-7-14)18(3)13-12(16)8-10(15)9-17-13/h8-9,11H,4-7,16H2,1-3H3. The topological polar surface area (TPSA) is 42.2 Å². The van der Waals surface area contributed by atoms with Crippen LogP contribution in [0.4, 0.5) is 11.5 Å². The smallest absolute Gasteiger partial charge is 0.151 e. The summed E-state index contributed by atoms with van der Waals surface area (Å²) in [6.45, 7) is 4.69. The first-order valence-electron chi connectivity index (χ1n) is 6.53. The quantitative estimate of drug-likeness (QED) is 0.888. The molecule has 2 rings (SSSR count). The van der Waals surface area contributed by atoms with E-state index in [9.17, 15) is 0 Å². The number of nitrogen functional groups attached to an aromatic ring is 1. The van der Waals surface area contributed by atoms with Gasteiger partial charge in [0.1, 0.15) is 0 Å². The maximum atomic E-state index is 5.99. The van der Waals surface area contributed by atoms with Gasteiger partial charge in [-0.15, -0.1) is 0 Å². The van der Waals surface area contributed by atoms with Gasteiger partial charge in [0.15, 0.2) is 5.82 Å². The second-order valence-electron chi connectivity index (χ2n) is 6.07. The Kier molecular flexibility index (Phi) is 3.71. The lowest BCUT2D eigenvalue weighted by atomic mass is 9.75. The Labute approximate surface area is 114 Å². The Morgan fingerprint density at radius 2 is 2.00 bits per heavy atom. The molecule has 1 aromatic heterocycles. The van der Waals surface area contributed by atoms with Crippen molar-refractivity contribution in [3.63, 3.8) is 0 Å². The zero-order valence-electron chi connectivity index (χ0n) is 11.4. The zero-order chi connectivity index (χ0) is 13.3. The number of rotatable bonds is 2. The van der Waals surface area contributed by atoms with E-state index >= 15 is 0 Å². The molecule has 0 aromatic carbocycles. The minimum absolute atomic E-state index is 0.482. The molecule has 1 heterocycles. The summed E-state index contributed by atoms with van der Waals surface area (Å²) in [5, 5.41) is 0.592. The van der Waals surface area contributed by atoms with Crippen LogP contribution in [0.3, 0.4) is 0 Å². The number of hydrogen-bond acceptors (Lipinski definition) is 3. The summed E-state index contributed by atoms with van der Waals surface area (Å²) in [6, 6.07) is 2.31. The number of hydrogen-bond donors (Lipinski definition) is 1. The number of anilines is 2. The molecule has 4 heteroatoms. The van der Waals surface area contributed by atoms with E-state index in [1.165, 1.54) is 25.7 Å². The highest BCUT2D eigenvalue weighted by Gasteiger charge is 2.29. The van der Waals surface area contributed by atoms with Crippen LogP contribution in [0.15, 0.2) is 12.3 Å².